The molecule has 0 fully saturated rings. The third-order valence-electron chi connectivity index (χ3n) is 3.12. The van der Waals surface area contributed by atoms with E-state index in [-0.39, 0.29) is 23.8 Å². The zero-order chi connectivity index (χ0) is 16.0. The number of aryl methyl sites for hydroxylation is 1. The molecule has 0 bridgehead atoms. The van der Waals surface area contributed by atoms with E-state index in [9.17, 15) is 13.2 Å². The molecule has 5 nitrogen and oxygen atoms in total. The first-order chi connectivity index (χ1) is 9.72. The minimum Gasteiger partial charge on any atom is -0.481 e. The molecule has 118 valence electrons. The SMILES string of the molecule is Cc1ccc(S(=O)(=O)OCC[C@H](CC(C)C)C(=O)O)cc1. The van der Waals surface area contributed by atoms with Gasteiger partial charge in [0.1, 0.15) is 0 Å². The first-order valence-electron chi connectivity index (χ1n) is 6.91. The van der Waals surface area contributed by atoms with E-state index in [1.165, 1.54) is 12.1 Å². The van der Waals surface area contributed by atoms with Crippen LogP contribution in [0.15, 0.2) is 29.2 Å². The molecule has 0 aliphatic rings. The maximum Gasteiger partial charge on any atom is 0.306 e. The van der Waals surface area contributed by atoms with E-state index < -0.39 is 22.0 Å². The summed E-state index contributed by atoms with van der Waals surface area (Å²) >= 11 is 0. The number of carbonyl (C=O) groups is 1. The van der Waals surface area contributed by atoms with E-state index in [4.69, 9.17) is 9.29 Å². The van der Waals surface area contributed by atoms with E-state index in [0.29, 0.717) is 6.42 Å². The maximum absolute atomic E-state index is 11.9. The molecule has 0 aliphatic heterocycles. The smallest absolute Gasteiger partial charge is 0.306 e. The summed E-state index contributed by atoms with van der Waals surface area (Å²) in [6.07, 6.45) is 0.682. The second-order valence-corrected chi connectivity index (χ2v) is 7.16. The molecule has 0 unspecified atom stereocenters. The molecular formula is C15H22O5S. The van der Waals surface area contributed by atoms with Crippen molar-refractivity contribution in [3.05, 3.63) is 29.8 Å². The summed E-state index contributed by atoms with van der Waals surface area (Å²) in [6.45, 7) is 5.60. The van der Waals surface area contributed by atoms with Crippen LogP contribution in [0.5, 0.6) is 0 Å². The molecule has 1 rings (SSSR count). The number of benzene rings is 1. The second kappa shape index (κ2) is 7.56. The van der Waals surface area contributed by atoms with Crippen molar-refractivity contribution in [1.82, 2.24) is 0 Å². The Morgan fingerprint density at radius 3 is 2.29 bits per heavy atom. The molecule has 0 amide bonds. The first kappa shape index (κ1) is 17.7. The minimum absolute atomic E-state index is 0.0869. The van der Waals surface area contributed by atoms with Crippen LogP contribution in [-0.2, 0) is 19.1 Å². The zero-order valence-corrected chi connectivity index (χ0v) is 13.4. The Kier molecular flexibility index (Phi) is 6.36. The van der Waals surface area contributed by atoms with Crippen molar-refractivity contribution in [2.24, 2.45) is 11.8 Å². The number of rotatable bonds is 8. The second-order valence-electron chi connectivity index (χ2n) is 5.54. The highest BCUT2D eigenvalue weighted by Gasteiger charge is 2.21. The standard InChI is InChI=1S/C15H22O5S/c1-11(2)10-13(15(16)17)8-9-20-21(18,19)14-6-4-12(3)5-7-14/h4-7,11,13H,8-10H2,1-3H3,(H,16,17)/t13-/m1/s1. The summed E-state index contributed by atoms with van der Waals surface area (Å²) in [6, 6.07) is 6.34. The van der Waals surface area contributed by atoms with Crippen LogP contribution in [0.4, 0.5) is 0 Å². The third-order valence-corrected chi connectivity index (χ3v) is 4.45. The van der Waals surface area contributed by atoms with Crippen LogP contribution in [-0.4, -0.2) is 26.1 Å². The highest BCUT2D eigenvalue weighted by molar-refractivity contribution is 7.86. The van der Waals surface area contributed by atoms with Crippen LogP contribution in [0.3, 0.4) is 0 Å². The number of hydrogen-bond donors (Lipinski definition) is 1. The Balaban J connectivity index is 2.61. The van der Waals surface area contributed by atoms with Crippen molar-refractivity contribution < 1.29 is 22.5 Å². The molecule has 1 aromatic carbocycles. The largest absolute Gasteiger partial charge is 0.481 e. The van der Waals surface area contributed by atoms with Gasteiger partial charge in [0, 0.05) is 0 Å². The lowest BCUT2D eigenvalue weighted by Gasteiger charge is -2.14. The van der Waals surface area contributed by atoms with Gasteiger partial charge in [0.15, 0.2) is 0 Å². The Hall–Kier alpha value is -1.40. The zero-order valence-electron chi connectivity index (χ0n) is 12.6. The van der Waals surface area contributed by atoms with Gasteiger partial charge in [-0.2, -0.15) is 8.42 Å². The average Bonchev–Trinajstić information content (AvgIpc) is 2.37. The summed E-state index contributed by atoms with van der Waals surface area (Å²) in [4.78, 5) is 11.2. The topological polar surface area (TPSA) is 80.7 Å². The Morgan fingerprint density at radius 1 is 1.24 bits per heavy atom. The van der Waals surface area contributed by atoms with Crippen molar-refractivity contribution in [3.8, 4) is 0 Å². The molecular weight excluding hydrogens is 292 g/mol. The van der Waals surface area contributed by atoms with Gasteiger partial charge in [-0.15, -0.1) is 0 Å². The van der Waals surface area contributed by atoms with Gasteiger partial charge in [0.05, 0.1) is 17.4 Å². The summed E-state index contributed by atoms with van der Waals surface area (Å²) in [5, 5.41) is 9.09. The number of carboxylic acids is 1. The fraction of sp³-hybridized carbons (Fsp3) is 0.533. The molecule has 0 saturated heterocycles. The first-order valence-corrected chi connectivity index (χ1v) is 8.32. The van der Waals surface area contributed by atoms with Gasteiger partial charge in [0.25, 0.3) is 10.1 Å². The van der Waals surface area contributed by atoms with E-state index >= 15 is 0 Å². The molecule has 0 aliphatic carbocycles. The van der Waals surface area contributed by atoms with Crippen molar-refractivity contribution in [2.75, 3.05) is 6.61 Å². The van der Waals surface area contributed by atoms with Crippen LogP contribution in [0, 0.1) is 18.8 Å². The van der Waals surface area contributed by atoms with Gasteiger partial charge in [-0.3, -0.25) is 8.98 Å². The lowest BCUT2D eigenvalue weighted by atomic mass is 9.95. The molecule has 0 radical (unpaired) electrons. The highest BCUT2D eigenvalue weighted by Crippen LogP contribution is 2.18. The van der Waals surface area contributed by atoms with Crippen molar-refractivity contribution in [1.29, 1.82) is 0 Å². The molecule has 1 aromatic rings. The number of carboxylic acid groups (broad SMARTS) is 1. The van der Waals surface area contributed by atoms with E-state index in [0.717, 1.165) is 5.56 Å². The van der Waals surface area contributed by atoms with Crippen molar-refractivity contribution in [3.63, 3.8) is 0 Å². The van der Waals surface area contributed by atoms with Crippen molar-refractivity contribution in [2.45, 2.75) is 38.5 Å². The number of hydrogen-bond acceptors (Lipinski definition) is 4. The maximum atomic E-state index is 11.9. The van der Waals surface area contributed by atoms with Gasteiger partial charge in [-0.05, 0) is 37.8 Å². The predicted octanol–water partition coefficient (Wildman–Crippen LogP) is 2.84. The molecule has 0 aromatic heterocycles. The third kappa shape index (κ3) is 5.85. The van der Waals surface area contributed by atoms with Crippen LogP contribution in [0.1, 0.15) is 32.3 Å². The van der Waals surface area contributed by atoms with Gasteiger partial charge in [-0.1, -0.05) is 31.5 Å². The lowest BCUT2D eigenvalue weighted by molar-refractivity contribution is -0.142. The van der Waals surface area contributed by atoms with Gasteiger partial charge < -0.3 is 5.11 Å². The summed E-state index contributed by atoms with van der Waals surface area (Å²) in [7, 11) is -3.82. The van der Waals surface area contributed by atoms with Gasteiger partial charge >= 0.3 is 5.97 Å². The van der Waals surface area contributed by atoms with Gasteiger partial charge in [0.2, 0.25) is 0 Å². The lowest BCUT2D eigenvalue weighted by Crippen LogP contribution is -2.19. The van der Waals surface area contributed by atoms with E-state index in [1.807, 2.05) is 20.8 Å². The van der Waals surface area contributed by atoms with Crippen LogP contribution >= 0.6 is 0 Å². The fourth-order valence-corrected chi connectivity index (χ4v) is 2.91. The van der Waals surface area contributed by atoms with Crippen LogP contribution in [0.25, 0.3) is 0 Å². The fourth-order valence-electron chi connectivity index (χ4n) is 1.98. The monoisotopic (exact) mass is 314 g/mol. The predicted molar refractivity (Wildman–Crippen MR) is 79.5 cm³/mol. The van der Waals surface area contributed by atoms with Crippen LogP contribution in [0.2, 0.25) is 0 Å². The summed E-state index contributed by atoms with van der Waals surface area (Å²) in [5.41, 5.74) is 0.955. The normalized spacial score (nSPS) is 13.3. The van der Waals surface area contributed by atoms with E-state index in [2.05, 4.69) is 0 Å². The molecule has 6 heteroatoms. The van der Waals surface area contributed by atoms with Crippen molar-refractivity contribution >= 4 is 16.1 Å². The Labute approximate surface area is 126 Å². The van der Waals surface area contributed by atoms with Crippen LogP contribution < -0.4 is 0 Å². The molecule has 0 spiro atoms. The number of aliphatic carboxylic acids is 1. The summed E-state index contributed by atoms with van der Waals surface area (Å²) < 4.78 is 28.8. The molecule has 0 saturated carbocycles. The van der Waals surface area contributed by atoms with Gasteiger partial charge in [-0.25, -0.2) is 0 Å². The average molecular weight is 314 g/mol. The Morgan fingerprint density at radius 2 is 1.81 bits per heavy atom. The molecule has 1 atom stereocenters. The quantitative estimate of drug-likeness (QED) is 0.746. The molecule has 1 N–H and O–H groups in total. The highest BCUT2D eigenvalue weighted by atomic mass is 32.2. The molecule has 0 heterocycles. The Bertz CT molecular complexity index is 560. The summed E-state index contributed by atoms with van der Waals surface area (Å²) in [5.74, 6) is -1.27. The van der Waals surface area contributed by atoms with E-state index in [1.54, 1.807) is 12.1 Å². The molecule has 21 heavy (non-hydrogen) atoms. The minimum atomic E-state index is -3.82.